The highest BCUT2D eigenvalue weighted by Gasteiger charge is 2.10. The molecular formula is C18H15N5S2. The van der Waals surface area contributed by atoms with E-state index in [1.165, 1.54) is 34.2 Å². The Bertz CT molecular complexity index is 1000. The summed E-state index contributed by atoms with van der Waals surface area (Å²) in [5.74, 6) is 0. The van der Waals surface area contributed by atoms with Crippen LogP contribution in [0.15, 0.2) is 64.2 Å². The summed E-state index contributed by atoms with van der Waals surface area (Å²) in [6, 6.07) is 16.4. The van der Waals surface area contributed by atoms with Crippen LogP contribution in [0.2, 0.25) is 0 Å². The molecule has 7 heteroatoms. The van der Waals surface area contributed by atoms with Crippen LogP contribution in [-0.2, 0) is 6.54 Å². The van der Waals surface area contributed by atoms with E-state index in [0.717, 1.165) is 31.9 Å². The summed E-state index contributed by atoms with van der Waals surface area (Å²) in [5.41, 5.74) is 3.34. The Morgan fingerprint density at radius 2 is 1.92 bits per heavy atom. The highest BCUT2D eigenvalue weighted by Crippen LogP contribution is 2.34. The summed E-state index contributed by atoms with van der Waals surface area (Å²) in [5, 5.41) is 14.5. The Morgan fingerprint density at radius 3 is 2.80 bits per heavy atom. The van der Waals surface area contributed by atoms with Gasteiger partial charge in [-0.05, 0) is 36.4 Å². The topological polar surface area (TPSA) is 63.6 Å². The molecule has 0 aliphatic carbocycles. The predicted octanol–water partition coefficient (Wildman–Crippen LogP) is 4.55. The second-order valence-corrected chi connectivity index (χ2v) is 7.73. The van der Waals surface area contributed by atoms with Crippen molar-refractivity contribution in [3.63, 3.8) is 0 Å². The van der Waals surface area contributed by atoms with Crippen LogP contribution in [-0.4, -0.2) is 20.2 Å². The van der Waals surface area contributed by atoms with Crippen molar-refractivity contribution in [2.24, 2.45) is 0 Å². The van der Waals surface area contributed by atoms with Gasteiger partial charge in [0.15, 0.2) is 4.34 Å². The van der Waals surface area contributed by atoms with Gasteiger partial charge < -0.3 is 5.32 Å². The molecule has 0 amide bonds. The van der Waals surface area contributed by atoms with Crippen molar-refractivity contribution in [2.75, 3.05) is 5.32 Å². The van der Waals surface area contributed by atoms with Crippen molar-refractivity contribution < 1.29 is 0 Å². The van der Waals surface area contributed by atoms with Crippen LogP contribution in [0.3, 0.4) is 0 Å². The van der Waals surface area contributed by atoms with Gasteiger partial charge in [0.2, 0.25) is 5.13 Å². The number of nitrogens with one attached hydrogen (secondary N) is 1. The average Bonchev–Trinajstić information content (AvgIpc) is 3.09. The van der Waals surface area contributed by atoms with Gasteiger partial charge in [-0.1, -0.05) is 53.3 Å². The summed E-state index contributed by atoms with van der Waals surface area (Å²) < 4.78 is 0.858. The smallest absolute Gasteiger partial charge is 0.206 e. The fourth-order valence-corrected chi connectivity index (χ4v) is 4.14. The van der Waals surface area contributed by atoms with Gasteiger partial charge in [-0.3, -0.25) is 0 Å². The second-order valence-electron chi connectivity index (χ2n) is 5.51. The molecule has 4 aromatic rings. The lowest BCUT2D eigenvalue weighted by molar-refractivity contribution is 0.992. The van der Waals surface area contributed by atoms with Gasteiger partial charge in [-0.2, -0.15) is 0 Å². The van der Waals surface area contributed by atoms with Crippen molar-refractivity contribution in [3.05, 3.63) is 66.0 Å². The van der Waals surface area contributed by atoms with E-state index in [9.17, 15) is 0 Å². The van der Waals surface area contributed by atoms with Gasteiger partial charge in [-0.15, -0.1) is 10.2 Å². The molecule has 0 unspecified atom stereocenters. The molecule has 1 N–H and O–H groups in total. The minimum absolute atomic E-state index is 0.732. The first kappa shape index (κ1) is 16.0. The zero-order chi connectivity index (χ0) is 17.1. The summed E-state index contributed by atoms with van der Waals surface area (Å²) in [6.45, 7) is 2.80. The first-order valence-corrected chi connectivity index (χ1v) is 9.42. The molecule has 2 aromatic carbocycles. The maximum absolute atomic E-state index is 4.42. The van der Waals surface area contributed by atoms with Gasteiger partial charge in [0.25, 0.3) is 0 Å². The quantitative estimate of drug-likeness (QED) is 0.523. The number of nitrogens with zero attached hydrogens (tertiary/aromatic N) is 4. The molecule has 0 saturated carbocycles. The van der Waals surface area contributed by atoms with Gasteiger partial charge in [0.05, 0.1) is 5.52 Å². The first-order valence-electron chi connectivity index (χ1n) is 7.78. The van der Waals surface area contributed by atoms with E-state index in [1.807, 2.05) is 24.3 Å². The average molecular weight is 365 g/mol. The Kier molecular flexibility index (Phi) is 4.58. The van der Waals surface area contributed by atoms with Crippen LogP contribution in [0.4, 0.5) is 5.13 Å². The molecule has 0 spiro atoms. The molecule has 0 aliphatic rings. The summed E-state index contributed by atoms with van der Waals surface area (Å²) >= 11 is 3.05. The van der Waals surface area contributed by atoms with E-state index in [2.05, 4.69) is 56.7 Å². The highest BCUT2D eigenvalue weighted by molar-refractivity contribution is 8.01. The van der Waals surface area contributed by atoms with Gasteiger partial charge in [0.1, 0.15) is 11.4 Å². The normalized spacial score (nSPS) is 10.9. The fourth-order valence-electron chi connectivity index (χ4n) is 2.41. The molecule has 2 heterocycles. The van der Waals surface area contributed by atoms with Crippen LogP contribution in [0.5, 0.6) is 0 Å². The Labute approximate surface area is 153 Å². The van der Waals surface area contributed by atoms with Crippen molar-refractivity contribution >= 4 is 39.1 Å². The summed E-state index contributed by atoms with van der Waals surface area (Å²) in [6.07, 6.45) is 1.59. The molecule has 5 nitrogen and oxygen atoms in total. The van der Waals surface area contributed by atoms with Gasteiger partial charge >= 0.3 is 0 Å². The molecular weight excluding hydrogens is 350 g/mol. The third-order valence-corrected chi connectivity index (χ3v) is 5.58. The van der Waals surface area contributed by atoms with Crippen LogP contribution < -0.4 is 5.32 Å². The van der Waals surface area contributed by atoms with Crippen molar-refractivity contribution in [1.82, 2.24) is 20.2 Å². The Balaban J connectivity index is 1.51. The van der Waals surface area contributed by atoms with Crippen LogP contribution in [0, 0.1) is 6.92 Å². The van der Waals surface area contributed by atoms with Crippen LogP contribution >= 0.6 is 23.1 Å². The maximum Gasteiger partial charge on any atom is 0.206 e. The Morgan fingerprint density at radius 1 is 1.04 bits per heavy atom. The summed E-state index contributed by atoms with van der Waals surface area (Å²) in [7, 11) is 0. The molecule has 0 aliphatic heterocycles. The number of hydrogen-bond acceptors (Lipinski definition) is 7. The standard InChI is InChI=1S/C18H15N5S2/c1-12-7-8-15-14(9-12)16(21-11-20-15)24-18-23-22-17(25-18)19-10-13-5-3-2-4-6-13/h2-9,11H,10H2,1H3,(H,19,22). The number of fused-ring (bicyclic) bond motifs is 1. The molecule has 124 valence electrons. The molecule has 0 atom stereocenters. The van der Waals surface area contributed by atoms with Crippen molar-refractivity contribution in [2.45, 2.75) is 22.8 Å². The van der Waals surface area contributed by atoms with E-state index < -0.39 is 0 Å². The number of rotatable bonds is 5. The highest BCUT2D eigenvalue weighted by atomic mass is 32.2. The first-order chi connectivity index (χ1) is 12.3. The lowest BCUT2D eigenvalue weighted by atomic mass is 10.2. The van der Waals surface area contributed by atoms with E-state index in [-0.39, 0.29) is 0 Å². The molecule has 0 saturated heterocycles. The number of benzene rings is 2. The zero-order valence-corrected chi connectivity index (χ0v) is 15.1. The molecule has 25 heavy (non-hydrogen) atoms. The number of hydrogen-bond donors (Lipinski definition) is 1. The SMILES string of the molecule is Cc1ccc2ncnc(Sc3nnc(NCc4ccccc4)s3)c2c1. The molecule has 0 bridgehead atoms. The lowest BCUT2D eigenvalue weighted by Gasteiger charge is -2.03. The van der Waals surface area contributed by atoms with E-state index in [4.69, 9.17) is 0 Å². The second kappa shape index (κ2) is 7.16. The molecule has 0 radical (unpaired) electrons. The van der Waals surface area contributed by atoms with Crippen molar-refractivity contribution in [1.29, 1.82) is 0 Å². The molecule has 0 fully saturated rings. The van der Waals surface area contributed by atoms with Crippen LogP contribution in [0.1, 0.15) is 11.1 Å². The Hall–Kier alpha value is -2.51. The zero-order valence-electron chi connectivity index (χ0n) is 13.5. The third kappa shape index (κ3) is 3.78. The number of aryl methyl sites for hydroxylation is 1. The molecule has 2 aromatic heterocycles. The van der Waals surface area contributed by atoms with Crippen LogP contribution in [0.25, 0.3) is 10.9 Å². The minimum Gasteiger partial charge on any atom is -0.356 e. The van der Waals surface area contributed by atoms with E-state index in [0.29, 0.717) is 0 Å². The third-order valence-electron chi connectivity index (χ3n) is 3.63. The fraction of sp³-hybridized carbons (Fsp3) is 0.111. The lowest BCUT2D eigenvalue weighted by Crippen LogP contribution is -1.98. The number of anilines is 1. The largest absolute Gasteiger partial charge is 0.356 e. The van der Waals surface area contributed by atoms with E-state index in [1.54, 1.807) is 6.33 Å². The predicted molar refractivity (Wildman–Crippen MR) is 102 cm³/mol. The van der Waals surface area contributed by atoms with Gasteiger partial charge in [0, 0.05) is 11.9 Å². The van der Waals surface area contributed by atoms with Gasteiger partial charge in [-0.25, -0.2) is 9.97 Å². The summed E-state index contributed by atoms with van der Waals surface area (Å²) in [4.78, 5) is 8.74. The van der Waals surface area contributed by atoms with Crippen molar-refractivity contribution in [3.8, 4) is 0 Å². The van der Waals surface area contributed by atoms with E-state index >= 15 is 0 Å². The number of aromatic nitrogens is 4. The monoisotopic (exact) mass is 365 g/mol. The molecule has 4 rings (SSSR count). The maximum atomic E-state index is 4.42. The minimum atomic E-state index is 0.732.